The highest BCUT2D eigenvalue weighted by molar-refractivity contribution is 6.56. The van der Waals surface area contributed by atoms with Crippen LogP contribution in [-0.4, -0.2) is 9.78 Å². The molecule has 146 valence electrons. The number of hydrogen-bond donors (Lipinski definition) is 0. The Morgan fingerprint density at radius 2 is 1.29 bits per heavy atom. The second-order valence-corrected chi connectivity index (χ2v) is 7.15. The van der Waals surface area contributed by atoms with Gasteiger partial charge in [-0.1, -0.05) is 23.2 Å². The molecule has 1 heterocycles. The third kappa shape index (κ3) is 4.80. The van der Waals surface area contributed by atoms with Crippen LogP contribution in [0, 0.1) is 13.8 Å². The molecule has 0 unspecified atom stereocenters. The van der Waals surface area contributed by atoms with E-state index in [1.54, 1.807) is 35.9 Å². The molecule has 0 bridgehead atoms. The van der Waals surface area contributed by atoms with Gasteiger partial charge in [-0.3, -0.25) is 0 Å². The zero-order valence-corrected chi connectivity index (χ0v) is 17.5. The standard InChI is InChI=1S/C21H20Cl2N2O3/c1-13-14(2)24-25(4)21(13)28-19-11-9-18(10-12-19)27-17-7-5-16(6-8-17)26-15(3)20(22)23/h5-12H,1-4H3. The highest BCUT2D eigenvalue weighted by atomic mass is 35.5. The molecule has 7 heteroatoms. The molecule has 1 aromatic heterocycles. The number of rotatable bonds is 6. The van der Waals surface area contributed by atoms with Gasteiger partial charge in [0.2, 0.25) is 5.88 Å². The summed E-state index contributed by atoms with van der Waals surface area (Å²) in [4.78, 5) is 0. The van der Waals surface area contributed by atoms with Crippen LogP contribution >= 0.6 is 23.2 Å². The smallest absolute Gasteiger partial charge is 0.220 e. The minimum Gasteiger partial charge on any atom is -0.460 e. The van der Waals surface area contributed by atoms with Gasteiger partial charge >= 0.3 is 0 Å². The first-order chi connectivity index (χ1) is 13.3. The lowest BCUT2D eigenvalue weighted by Crippen LogP contribution is -1.96. The molecule has 0 amide bonds. The van der Waals surface area contributed by atoms with Crippen molar-refractivity contribution in [3.05, 3.63) is 70.0 Å². The molecule has 0 aliphatic heterocycles. The van der Waals surface area contributed by atoms with E-state index in [1.807, 2.05) is 45.2 Å². The molecule has 0 fully saturated rings. The van der Waals surface area contributed by atoms with Crippen molar-refractivity contribution in [2.24, 2.45) is 7.05 Å². The Morgan fingerprint density at radius 1 is 0.821 bits per heavy atom. The van der Waals surface area contributed by atoms with E-state index in [2.05, 4.69) is 5.10 Å². The number of aryl methyl sites for hydroxylation is 2. The molecule has 5 nitrogen and oxygen atoms in total. The molecule has 0 saturated heterocycles. The van der Waals surface area contributed by atoms with Crippen LogP contribution in [0.1, 0.15) is 18.2 Å². The fourth-order valence-electron chi connectivity index (χ4n) is 2.50. The summed E-state index contributed by atoms with van der Waals surface area (Å²) in [5, 5.41) is 4.35. The van der Waals surface area contributed by atoms with E-state index in [9.17, 15) is 0 Å². The summed E-state index contributed by atoms with van der Waals surface area (Å²) >= 11 is 11.4. The largest absolute Gasteiger partial charge is 0.460 e. The van der Waals surface area contributed by atoms with Gasteiger partial charge in [0, 0.05) is 12.6 Å². The Kier molecular flexibility index (Phi) is 6.17. The van der Waals surface area contributed by atoms with E-state index in [0.717, 1.165) is 17.1 Å². The highest BCUT2D eigenvalue weighted by Gasteiger charge is 2.11. The second kappa shape index (κ2) is 8.59. The van der Waals surface area contributed by atoms with E-state index in [1.165, 1.54) is 0 Å². The van der Waals surface area contributed by atoms with Crippen LogP contribution in [0.15, 0.2) is 58.8 Å². The van der Waals surface area contributed by atoms with E-state index in [0.29, 0.717) is 28.8 Å². The molecule has 3 rings (SSSR count). The summed E-state index contributed by atoms with van der Waals surface area (Å²) in [6, 6.07) is 14.6. The molecule has 28 heavy (non-hydrogen) atoms. The zero-order chi connectivity index (χ0) is 20.3. The molecule has 0 spiro atoms. The predicted molar refractivity (Wildman–Crippen MR) is 111 cm³/mol. The normalized spacial score (nSPS) is 10.5. The van der Waals surface area contributed by atoms with E-state index >= 15 is 0 Å². The lowest BCUT2D eigenvalue weighted by molar-refractivity contribution is 0.423. The molecular weight excluding hydrogens is 399 g/mol. The van der Waals surface area contributed by atoms with Crippen molar-refractivity contribution in [3.63, 3.8) is 0 Å². The monoisotopic (exact) mass is 418 g/mol. The molecule has 2 aromatic carbocycles. The highest BCUT2D eigenvalue weighted by Crippen LogP contribution is 2.30. The van der Waals surface area contributed by atoms with Crippen LogP contribution in [0.25, 0.3) is 0 Å². The molecule has 0 radical (unpaired) electrons. The number of benzene rings is 2. The van der Waals surface area contributed by atoms with Crippen LogP contribution in [0.4, 0.5) is 0 Å². The number of halogens is 2. The molecule has 0 aliphatic carbocycles. The van der Waals surface area contributed by atoms with Gasteiger partial charge in [-0.15, -0.1) is 0 Å². The van der Waals surface area contributed by atoms with Crippen molar-refractivity contribution in [3.8, 4) is 28.9 Å². The SMILES string of the molecule is CC(Oc1ccc(Oc2ccc(Oc3c(C)c(C)nn3C)cc2)cc1)=C(Cl)Cl. The summed E-state index contributed by atoms with van der Waals surface area (Å²) in [6.45, 7) is 5.63. The first kappa shape index (κ1) is 20.1. The maximum atomic E-state index is 5.94. The fourth-order valence-corrected chi connectivity index (χ4v) is 2.58. The van der Waals surface area contributed by atoms with Gasteiger partial charge in [0.25, 0.3) is 0 Å². The minimum absolute atomic E-state index is 0.0964. The quantitative estimate of drug-likeness (QED) is 0.419. The summed E-state index contributed by atoms with van der Waals surface area (Å²) in [6.07, 6.45) is 0. The Balaban J connectivity index is 1.65. The fraction of sp³-hybridized carbons (Fsp3) is 0.190. The molecule has 0 saturated carbocycles. The molecule has 0 aliphatic rings. The lowest BCUT2D eigenvalue weighted by atomic mass is 10.3. The maximum Gasteiger partial charge on any atom is 0.220 e. The summed E-state index contributed by atoms with van der Waals surface area (Å²) < 4.78 is 19.1. The lowest BCUT2D eigenvalue weighted by Gasteiger charge is -2.10. The van der Waals surface area contributed by atoms with Crippen LogP contribution in [-0.2, 0) is 7.05 Å². The number of allylic oxidation sites excluding steroid dienone is 1. The van der Waals surface area contributed by atoms with Crippen LogP contribution in [0.3, 0.4) is 0 Å². The van der Waals surface area contributed by atoms with Crippen molar-refractivity contribution in [2.75, 3.05) is 0 Å². The minimum atomic E-state index is 0.0964. The summed E-state index contributed by atoms with van der Waals surface area (Å²) in [7, 11) is 1.86. The van der Waals surface area contributed by atoms with Gasteiger partial charge in [-0.2, -0.15) is 5.10 Å². The number of ether oxygens (including phenoxy) is 3. The van der Waals surface area contributed by atoms with Gasteiger partial charge in [-0.25, -0.2) is 4.68 Å². The molecule has 3 aromatic rings. The van der Waals surface area contributed by atoms with Gasteiger partial charge in [-0.05, 0) is 69.3 Å². The van der Waals surface area contributed by atoms with Crippen molar-refractivity contribution in [2.45, 2.75) is 20.8 Å². The average molecular weight is 419 g/mol. The van der Waals surface area contributed by atoms with Crippen LogP contribution < -0.4 is 14.2 Å². The second-order valence-electron chi connectivity index (χ2n) is 6.20. The van der Waals surface area contributed by atoms with E-state index in [-0.39, 0.29) is 4.49 Å². The first-order valence-electron chi connectivity index (χ1n) is 8.59. The predicted octanol–water partition coefficient (Wildman–Crippen LogP) is 6.67. The Labute approximate surface area is 174 Å². The topological polar surface area (TPSA) is 45.5 Å². The summed E-state index contributed by atoms with van der Waals surface area (Å²) in [5.74, 6) is 3.86. The van der Waals surface area contributed by atoms with E-state index in [4.69, 9.17) is 37.4 Å². The number of hydrogen-bond acceptors (Lipinski definition) is 4. The van der Waals surface area contributed by atoms with Gasteiger partial charge in [0.1, 0.15) is 33.2 Å². The summed E-state index contributed by atoms with van der Waals surface area (Å²) in [5.41, 5.74) is 1.97. The van der Waals surface area contributed by atoms with Gasteiger partial charge < -0.3 is 14.2 Å². The zero-order valence-electron chi connectivity index (χ0n) is 16.0. The van der Waals surface area contributed by atoms with Crippen molar-refractivity contribution in [1.82, 2.24) is 9.78 Å². The van der Waals surface area contributed by atoms with Crippen LogP contribution in [0.5, 0.6) is 28.9 Å². The maximum absolute atomic E-state index is 5.94. The number of aromatic nitrogens is 2. The van der Waals surface area contributed by atoms with E-state index < -0.39 is 0 Å². The average Bonchev–Trinajstić information content (AvgIpc) is 2.91. The Morgan fingerprint density at radius 3 is 1.71 bits per heavy atom. The Hall–Kier alpha value is -2.63. The third-order valence-electron chi connectivity index (χ3n) is 4.09. The molecule has 0 atom stereocenters. The van der Waals surface area contributed by atoms with Crippen molar-refractivity contribution >= 4 is 23.2 Å². The number of nitrogens with zero attached hydrogens (tertiary/aromatic N) is 2. The third-order valence-corrected chi connectivity index (χ3v) is 4.62. The van der Waals surface area contributed by atoms with Gasteiger partial charge in [0.05, 0.1) is 5.69 Å². The van der Waals surface area contributed by atoms with Crippen molar-refractivity contribution < 1.29 is 14.2 Å². The Bertz CT molecular complexity index is 990. The van der Waals surface area contributed by atoms with Crippen molar-refractivity contribution in [1.29, 1.82) is 0 Å². The first-order valence-corrected chi connectivity index (χ1v) is 9.35. The van der Waals surface area contributed by atoms with Crippen LogP contribution in [0.2, 0.25) is 0 Å². The molecule has 0 N–H and O–H groups in total. The van der Waals surface area contributed by atoms with Gasteiger partial charge in [0.15, 0.2) is 0 Å². The molecular formula is C21H20Cl2N2O3.